The molecule has 10 nitrogen and oxygen atoms in total. The molecule has 3 N–H and O–H groups in total. The highest BCUT2D eigenvalue weighted by molar-refractivity contribution is 6.02. The number of aromatic nitrogens is 1. The summed E-state index contributed by atoms with van der Waals surface area (Å²) >= 11 is 0. The second kappa shape index (κ2) is 13.6. The smallest absolute Gasteiger partial charge is 0.326 e. The molecular formula is C36H39N3O7. The number of carbonyl (C=O) groups is 3. The number of hydrogen-bond acceptors (Lipinski definition) is 6. The summed E-state index contributed by atoms with van der Waals surface area (Å²) < 4.78 is 19.4. The minimum Gasteiger partial charge on any atom is -0.497 e. The Balaban J connectivity index is 1.29. The number of carboxylic acid groups (broad SMARTS) is 1. The normalized spacial score (nSPS) is 15.1. The molecule has 1 saturated carbocycles. The maximum atomic E-state index is 13.6. The molecule has 0 bridgehead atoms. The predicted octanol–water partition coefficient (Wildman–Crippen LogP) is 5.31. The number of methoxy groups -OCH3 is 1. The van der Waals surface area contributed by atoms with Crippen LogP contribution in [0.1, 0.15) is 59.5 Å². The number of carbonyl (C=O) groups excluding carboxylic acids is 2. The summed E-state index contributed by atoms with van der Waals surface area (Å²) in [4.78, 5) is 37.2. The van der Waals surface area contributed by atoms with Crippen LogP contribution in [0.2, 0.25) is 0 Å². The Bertz CT molecular complexity index is 1760. The Labute approximate surface area is 267 Å². The summed E-state index contributed by atoms with van der Waals surface area (Å²) in [6.45, 7) is 0.963. The molecule has 1 aromatic heterocycles. The fourth-order valence-electron chi connectivity index (χ4n) is 6.66. The fourth-order valence-corrected chi connectivity index (χ4v) is 6.66. The van der Waals surface area contributed by atoms with Gasteiger partial charge in [0.15, 0.2) is 6.61 Å². The lowest BCUT2D eigenvalue weighted by molar-refractivity contribution is -0.139. The lowest BCUT2D eigenvalue weighted by atomic mass is 9.81. The van der Waals surface area contributed by atoms with Crippen molar-refractivity contribution < 1.29 is 33.7 Å². The number of fused-ring (bicyclic) bond motifs is 5. The third-order valence-corrected chi connectivity index (χ3v) is 9.01. The van der Waals surface area contributed by atoms with Gasteiger partial charge < -0.3 is 34.5 Å². The molecule has 1 atom stereocenters. The van der Waals surface area contributed by atoms with Gasteiger partial charge in [-0.2, -0.15) is 0 Å². The van der Waals surface area contributed by atoms with E-state index in [1.807, 2.05) is 24.3 Å². The van der Waals surface area contributed by atoms with Crippen molar-refractivity contribution in [2.24, 2.45) is 0 Å². The zero-order valence-corrected chi connectivity index (χ0v) is 26.1. The molecule has 1 aliphatic carbocycles. The highest BCUT2D eigenvalue weighted by Gasteiger charge is 2.30. The molecule has 3 aromatic carbocycles. The lowest BCUT2D eigenvalue weighted by Crippen LogP contribution is -2.42. The first-order valence-corrected chi connectivity index (χ1v) is 15.8. The molecule has 0 saturated heterocycles. The average molecular weight is 626 g/mol. The molecule has 2 aliphatic rings. The van der Waals surface area contributed by atoms with E-state index < -0.39 is 17.9 Å². The van der Waals surface area contributed by atoms with E-state index in [0.29, 0.717) is 35.9 Å². The van der Waals surface area contributed by atoms with Gasteiger partial charge >= 0.3 is 5.97 Å². The molecule has 10 heteroatoms. The topological polar surface area (TPSA) is 128 Å². The summed E-state index contributed by atoms with van der Waals surface area (Å²) in [5, 5.41) is 16.3. The van der Waals surface area contributed by atoms with Crippen LogP contribution in [0.5, 0.6) is 17.2 Å². The molecule has 240 valence electrons. The molecule has 1 aliphatic heterocycles. The van der Waals surface area contributed by atoms with Gasteiger partial charge in [-0.1, -0.05) is 37.5 Å². The second-order valence-electron chi connectivity index (χ2n) is 11.9. The third-order valence-electron chi connectivity index (χ3n) is 9.01. The predicted molar refractivity (Wildman–Crippen MR) is 174 cm³/mol. The minimum absolute atomic E-state index is 0.0863. The third kappa shape index (κ3) is 6.38. The number of aliphatic carboxylic acids is 1. The molecular weight excluding hydrogens is 586 g/mol. The summed E-state index contributed by atoms with van der Waals surface area (Å²) in [5.41, 5.74) is 5.48. The highest BCUT2D eigenvalue weighted by atomic mass is 16.5. The summed E-state index contributed by atoms with van der Waals surface area (Å²) in [6, 6.07) is 17.3. The van der Waals surface area contributed by atoms with Gasteiger partial charge in [0.05, 0.1) is 19.3 Å². The van der Waals surface area contributed by atoms with Crippen molar-refractivity contribution in [3.63, 3.8) is 0 Å². The number of likely N-dealkylation sites (N-methyl/N-ethyl adjacent to an activating group) is 1. The van der Waals surface area contributed by atoms with Gasteiger partial charge in [-0.25, -0.2) is 4.79 Å². The van der Waals surface area contributed by atoms with E-state index in [0.717, 1.165) is 46.5 Å². The molecule has 0 spiro atoms. The van der Waals surface area contributed by atoms with E-state index in [9.17, 15) is 19.5 Å². The van der Waals surface area contributed by atoms with Crippen molar-refractivity contribution in [1.29, 1.82) is 0 Å². The van der Waals surface area contributed by atoms with Crippen LogP contribution in [0.3, 0.4) is 0 Å². The number of nitrogens with zero attached hydrogens (tertiary/aromatic N) is 1. The Kier molecular flexibility index (Phi) is 9.14. The SMILES string of the molecule is CNC(=O)COc1ccc(C[C@H](NC(=O)c2ccc3c(C4CCCCC4)c4n(c3c2)CCOc2cc(OC)ccc2-4)C(=O)O)cc1. The average Bonchev–Trinajstić information content (AvgIpc) is 3.28. The number of hydrogen-bond donors (Lipinski definition) is 3. The van der Waals surface area contributed by atoms with Crippen LogP contribution in [-0.4, -0.2) is 60.9 Å². The maximum Gasteiger partial charge on any atom is 0.326 e. The fraction of sp³-hybridized carbons (Fsp3) is 0.361. The zero-order chi connectivity index (χ0) is 32.2. The zero-order valence-electron chi connectivity index (χ0n) is 26.1. The molecule has 1 fully saturated rings. The molecule has 6 rings (SSSR count). The first-order chi connectivity index (χ1) is 22.4. The number of benzene rings is 3. The Morgan fingerprint density at radius 3 is 2.48 bits per heavy atom. The first kappa shape index (κ1) is 31.0. The molecule has 2 heterocycles. The van der Waals surface area contributed by atoms with Crippen molar-refractivity contribution in [3.8, 4) is 28.5 Å². The van der Waals surface area contributed by atoms with Crippen molar-refractivity contribution in [1.82, 2.24) is 15.2 Å². The van der Waals surface area contributed by atoms with E-state index in [-0.39, 0.29) is 18.9 Å². The molecule has 0 unspecified atom stereocenters. The first-order valence-electron chi connectivity index (χ1n) is 15.8. The highest BCUT2D eigenvalue weighted by Crippen LogP contribution is 2.47. The number of amides is 2. The van der Waals surface area contributed by atoms with Gasteiger partial charge in [-0.15, -0.1) is 0 Å². The van der Waals surface area contributed by atoms with E-state index in [1.165, 1.54) is 31.9 Å². The van der Waals surface area contributed by atoms with Gasteiger partial charge in [0, 0.05) is 41.6 Å². The minimum atomic E-state index is -1.14. The second-order valence-corrected chi connectivity index (χ2v) is 11.9. The lowest BCUT2D eigenvalue weighted by Gasteiger charge is -2.23. The van der Waals surface area contributed by atoms with Gasteiger partial charge in [0.1, 0.15) is 29.9 Å². The summed E-state index contributed by atoms with van der Waals surface area (Å²) in [7, 11) is 3.17. The van der Waals surface area contributed by atoms with E-state index >= 15 is 0 Å². The Hall–Kier alpha value is -4.99. The summed E-state index contributed by atoms with van der Waals surface area (Å²) in [5.74, 6) is 0.571. The van der Waals surface area contributed by atoms with E-state index in [1.54, 1.807) is 37.4 Å². The molecule has 0 radical (unpaired) electrons. The van der Waals surface area contributed by atoms with Gasteiger partial charge in [-0.3, -0.25) is 9.59 Å². The van der Waals surface area contributed by atoms with Gasteiger partial charge in [-0.05, 0) is 66.3 Å². The van der Waals surface area contributed by atoms with E-state index in [2.05, 4.69) is 21.3 Å². The van der Waals surface area contributed by atoms with Crippen LogP contribution in [0, 0.1) is 0 Å². The molecule has 4 aromatic rings. The van der Waals surface area contributed by atoms with E-state index in [4.69, 9.17) is 14.2 Å². The van der Waals surface area contributed by atoms with Gasteiger partial charge in [0.2, 0.25) is 0 Å². The van der Waals surface area contributed by atoms with Crippen LogP contribution in [0.15, 0.2) is 60.7 Å². The monoisotopic (exact) mass is 625 g/mol. The van der Waals surface area contributed by atoms with Crippen LogP contribution < -0.4 is 24.8 Å². The standard InChI is InChI=1S/C36H39N3O7/c1-37-32(40)21-46-25-11-8-22(9-12-25)18-29(36(42)43)38-35(41)24-10-14-27-30(19-24)39-16-17-45-31-20-26(44-2)13-15-28(31)34(39)33(27)23-6-4-3-5-7-23/h8-15,19-20,23,29H,3-7,16-18,21H2,1-2H3,(H,37,40)(H,38,41)(H,42,43)/t29-/m0/s1. The number of ether oxygens (including phenoxy) is 3. The van der Waals surface area contributed by atoms with Gasteiger partial charge in [0.25, 0.3) is 11.8 Å². The van der Waals surface area contributed by atoms with Crippen molar-refractivity contribution in [2.45, 2.75) is 57.0 Å². The Morgan fingerprint density at radius 2 is 1.76 bits per heavy atom. The number of nitrogens with one attached hydrogen (secondary N) is 2. The Morgan fingerprint density at radius 1 is 1.00 bits per heavy atom. The van der Waals surface area contributed by atoms with Crippen molar-refractivity contribution in [3.05, 3.63) is 77.4 Å². The van der Waals surface area contributed by atoms with Crippen molar-refractivity contribution >= 4 is 28.7 Å². The van der Waals surface area contributed by atoms with Crippen molar-refractivity contribution in [2.75, 3.05) is 27.4 Å². The molecule has 46 heavy (non-hydrogen) atoms. The maximum absolute atomic E-state index is 13.6. The number of rotatable bonds is 10. The van der Waals surface area contributed by atoms with Crippen LogP contribution in [0.4, 0.5) is 0 Å². The largest absolute Gasteiger partial charge is 0.497 e. The van der Waals surface area contributed by atoms with Crippen LogP contribution >= 0.6 is 0 Å². The van der Waals surface area contributed by atoms with Crippen LogP contribution in [-0.2, 0) is 22.6 Å². The quantitative estimate of drug-likeness (QED) is 0.218. The van der Waals surface area contributed by atoms with Crippen LogP contribution in [0.25, 0.3) is 22.2 Å². The summed E-state index contributed by atoms with van der Waals surface area (Å²) in [6.07, 6.45) is 5.93. The molecule has 2 amide bonds. The number of carboxylic acids is 1.